The largest absolute Gasteiger partial charge is 0.341 e. The number of amides is 2. The van der Waals surface area contributed by atoms with Crippen molar-refractivity contribution >= 4 is 11.8 Å². The zero-order valence-electron chi connectivity index (χ0n) is 40.4. The van der Waals surface area contributed by atoms with Crippen molar-refractivity contribution in [2.24, 2.45) is 23.3 Å². The molecule has 1 aliphatic rings. The van der Waals surface area contributed by atoms with Gasteiger partial charge in [-0.2, -0.15) is 0 Å². The van der Waals surface area contributed by atoms with Crippen LogP contribution >= 0.6 is 0 Å². The van der Waals surface area contributed by atoms with Gasteiger partial charge in [-0.3, -0.25) is 19.4 Å². The minimum Gasteiger partial charge on any atom is -0.341 e. The molecule has 0 aliphatic carbocycles. The van der Waals surface area contributed by atoms with E-state index in [0.29, 0.717) is 37.8 Å². The van der Waals surface area contributed by atoms with E-state index in [1.54, 1.807) is 0 Å². The van der Waals surface area contributed by atoms with E-state index < -0.39 is 0 Å². The standard InChI is InChI=1S/C52H102N6O2/c1-5-9-11-13-15-17-19-21-23-25-27-29-31-35-47(37-33-39-53)45-51(59)55-49(7-3)57-41-43-58(44-42-57)50(8-4)56-52(60)46-48(38-34-40-54)36-32-30-28-26-24-22-20-18-16-14-12-10-6-2/h21-24,47-50H,5-20,25-46,53-54H2,1-4H3,(H,55,59)(H,56,60)/b23-21-,24-22-. The summed E-state index contributed by atoms with van der Waals surface area (Å²) in [4.78, 5) is 31.7. The number of carbonyl (C=O) groups is 2. The van der Waals surface area contributed by atoms with Crippen molar-refractivity contribution < 1.29 is 9.59 Å². The van der Waals surface area contributed by atoms with E-state index in [2.05, 4.69) is 72.4 Å². The van der Waals surface area contributed by atoms with Crippen molar-refractivity contribution in [3.05, 3.63) is 24.3 Å². The molecule has 1 aliphatic heterocycles. The molecule has 6 N–H and O–H groups in total. The summed E-state index contributed by atoms with van der Waals surface area (Å²) in [5, 5.41) is 6.82. The number of nitrogens with one attached hydrogen (secondary N) is 2. The van der Waals surface area contributed by atoms with Crippen LogP contribution in [0.4, 0.5) is 0 Å². The summed E-state index contributed by atoms with van der Waals surface area (Å²) >= 11 is 0. The maximum Gasteiger partial charge on any atom is 0.221 e. The topological polar surface area (TPSA) is 117 Å². The molecule has 0 radical (unpaired) electrons. The second-order valence-electron chi connectivity index (χ2n) is 18.4. The first-order valence-electron chi connectivity index (χ1n) is 26.2. The first kappa shape index (κ1) is 56.3. The molecule has 8 nitrogen and oxygen atoms in total. The Hall–Kier alpha value is -1.74. The van der Waals surface area contributed by atoms with Gasteiger partial charge in [0.05, 0.1) is 12.3 Å². The lowest BCUT2D eigenvalue weighted by atomic mass is 9.92. The molecule has 2 amide bonds. The predicted molar refractivity (Wildman–Crippen MR) is 261 cm³/mol. The lowest BCUT2D eigenvalue weighted by Crippen LogP contribution is -2.59. The predicted octanol–water partition coefficient (Wildman–Crippen LogP) is 12.3. The summed E-state index contributed by atoms with van der Waals surface area (Å²) in [6.07, 6.45) is 47.4. The van der Waals surface area contributed by atoms with Crippen molar-refractivity contribution in [2.75, 3.05) is 39.3 Å². The van der Waals surface area contributed by atoms with Gasteiger partial charge in [0.2, 0.25) is 11.8 Å². The number of piperazine rings is 1. The molecule has 1 rings (SSSR count). The molecule has 8 heteroatoms. The lowest BCUT2D eigenvalue weighted by molar-refractivity contribution is -0.126. The van der Waals surface area contributed by atoms with Crippen LogP contribution in [0.2, 0.25) is 0 Å². The van der Waals surface area contributed by atoms with Gasteiger partial charge in [0, 0.05) is 39.0 Å². The molecular weight excluding hydrogens is 741 g/mol. The van der Waals surface area contributed by atoms with Gasteiger partial charge in [-0.15, -0.1) is 0 Å². The molecule has 1 fully saturated rings. The van der Waals surface area contributed by atoms with Gasteiger partial charge in [0.25, 0.3) is 0 Å². The SMILES string of the molecule is CCCCCCCC/C=C\CCCCCC(CCCN)CC(=O)NC(CC)N1CCN(C(CC)NC(=O)CC(CCCN)CCCCC/C=C\CCCCCCCC)CC1. The molecule has 0 bridgehead atoms. The fraction of sp³-hybridized carbons (Fsp3) is 0.885. The molecule has 60 heavy (non-hydrogen) atoms. The third-order valence-electron chi connectivity index (χ3n) is 13.0. The molecule has 0 aromatic carbocycles. The van der Waals surface area contributed by atoms with E-state index in [4.69, 9.17) is 11.5 Å². The van der Waals surface area contributed by atoms with Crippen LogP contribution in [0.25, 0.3) is 0 Å². The van der Waals surface area contributed by atoms with E-state index in [1.165, 1.54) is 141 Å². The number of hydrogen-bond donors (Lipinski definition) is 4. The highest BCUT2D eigenvalue weighted by atomic mass is 16.2. The van der Waals surface area contributed by atoms with Crippen LogP contribution in [0.5, 0.6) is 0 Å². The summed E-state index contributed by atoms with van der Waals surface area (Å²) in [5.74, 6) is 1.17. The first-order valence-corrected chi connectivity index (χ1v) is 26.2. The Labute approximate surface area is 373 Å². The number of unbranched alkanes of at least 4 members (excludes halogenated alkanes) is 18. The summed E-state index contributed by atoms with van der Waals surface area (Å²) in [6.45, 7) is 13.9. The molecule has 0 aromatic heterocycles. The van der Waals surface area contributed by atoms with Crippen LogP contribution in [0.3, 0.4) is 0 Å². The highest BCUT2D eigenvalue weighted by Gasteiger charge is 2.28. The van der Waals surface area contributed by atoms with Crippen LogP contribution in [0.1, 0.15) is 233 Å². The molecule has 0 aromatic rings. The monoisotopic (exact) mass is 843 g/mol. The maximum atomic E-state index is 13.4. The quantitative estimate of drug-likeness (QED) is 0.0359. The Morgan fingerprint density at radius 1 is 0.450 bits per heavy atom. The highest BCUT2D eigenvalue weighted by molar-refractivity contribution is 5.76. The Balaban J connectivity index is 2.42. The molecule has 0 spiro atoms. The van der Waals surface area contributed by atoms with Crippen molar-refractivity contribution in [2.45, 2.75) is 245 Å². The second-order valence-corrected chi connectivity index (χ2v) is 18.4. The average Bonchev–Trinajstić information content (AvgIpc) is 3.26. The Bertz CT molecular complexity index is 948. The molecule has 1 heterocycles. The minimum absolute atomic E-state index is 0.0528. The smallest absolute Gasteiger partial charge is 0.221 e. The molecule has 0 saturated carbocycles. The summed E-state index contributed by atoms with van der Waals surface area (Å²) in [7, 11) is 0. The summed E-state index contributed by atoms with van der Waals surface area (Å²) < 4.78 is 0. The minimum atomic E-state index is 0.0528. The van der Waals surface area contributed by atoms with Crippen LogP contribution < -0.4 is 22.1 Å². The Morgan fingerprint density at radius 3 is 1.07 bits per heavy atom. The number of carbonyl (C=O) groups excluding carboxylic acids is 2. The van der Waals surface area contributed by atoms with E-state index in [0.717, 1.165) is 77.5 Å². The van der Waals surface area contributed by atoms with Crippen LogP contribution in [0, 0.1) is 11.8 Å². The van der Waals surface area contributed by atoms with Gasteiger partial charge < -0.3 is 22.1 Å². The molecule has 1 saturated heterocycles. The van der Waals surface area contributed by atoms with Crippen LogP contribution in [-0.4, -0.2) is 73.2 Å². The molecular formula is C52H102N6O2. The normalized spacial score (nSPS) is 16.1. The average molecular weight is 843 g/mol. The molecule has 352 valence electrons. The van der Waals surface area contributed by atoms with Gasteiger partial charge in [-0.25, -0.2) is 0 Å². The Morgan fingerprint density at radius 2 is 0.750 bits per heavy atom. The zero-order chi connectivity index (χ0) is 43.7. The second kappa shape index (κ2) is 41.3. The number of nitrogens with zero attached hydrogens (tertiary/aromatic N) is 2. The van der Waals surface area contributed by atoms with E-state index in [1.807, 2.05) is 0 Å². The van der Waals surface area contributed by atoms with Crippen LogP contribution in [-0.2, 0) is 9.59 Å². The van der Waals surface area contributed by atoms with Gasteiger partial charge in [-0.1, -0.05) is 142 Å². The lowest BCUT2D eigenvalue weighted by Gasteiger charge is -2.42. The van der Waals surface area contributed by atoms with E-state index in [-0.39, 0.29) is 24.1 Å². The third kappa shape index (κ3) is 31.2. The fourth-order valence-corrected chi connectivity index (χ4v) is 9.09. The number of hydrogen-bond acceptors (Lipinski definition) is 6. The molecule has 4 unspecified atom stereocenters. The van der Waals surface area contributed by atoms with E-state index >= 15 is 0 Å². The Kier molecular flexibility index (Phi) is 38.7. The number of allylic oxidation sites excluding steroid dienone is 4. The zero-order valence-corrected chi connectivity index (χ0v) is 40.4. The highest BCUT2D eigenvalue weighted by Crippen LogP contribution is 2.22. The summed E-state index contributed by atoms with van der Waals surface area (Å²) in [6, 6.07) is 0. The van der Waals surface area contributed by atoms with E-state index in [9.17, 15) is 9.59 Å². The van der Waals surface area contributed by atoms with Crippen molar-refractivity contribution in [1.82, 2.24) is 20.4 Å². The van der Waals surface area contributed by atoms with Gasteiger partial charge >= 0.3 is 0 Å². The first-order chi connectivity index (χ1) is 29.4. The van der Waals surface area contributed by atoms with Gasteiger partial charge in [0.1, 0.15) is 0 Å². The number of nitrogens with two attached hydrogens (primary N) is 2. The molecule has 4 atom stereocenters. The van der Waals surface area contributed by atoms with Crippen LogP contribution in [0.15, 0.2) is 24.3 Å². The maximum absolute atomic E-state index is 13.4. The van der Waals surface area contributed by atoms with Gasteiger partial charge in [-0.05, 0) is 128 Å². The fourth-order valence-electron chi connectivity index (χ4n) is 9.09. The summed E-state index contributed by atoms with van der Waals surface area (Å²) in [5.41, 5.74) is 11.8. The third-order valence-corrected chi connectivity index (χ3v) is 13.0. The number of rotatable bonds is 42. The van der Waals surface area contributed by atoms with Crippen molar-refractivity contribution in [3.63, 3.8) is 0 Å². The van der Waals surface area contributed by atoms with Crippen molar-refractivity contribution in [3.8, 4) is 0 Å². The van der Waals surface area contributed by atoms with Gasteiger partial charge in [0.15, 0.2) is 0 Å². The van der Waals surface area contributed by atoms with Crippen molar-refractivity contribution in [1.29, 1.82) is 0 Å².